The molecular weight excluding hydrogens is 331 g/mol. The molecule has 152 valence electrons. The van der Waals surface area contributed by atoms with E-state index in [9.17, 15) is 0 Å². The molecule has 0 amide bonds. The lowest BCUT2D eigenvalue weighted by Crippen LogP contribution is -2.03. The van der Waals surface area contributed by atoms with Crippen molar-refractivity contribution in [2.24, 2.45) is 17.8 Å². The molecule has 0 bridgehead atoms. The Morgan fingerprint density at radius 3 is 1.08 bits per heavy atom. The van der Waals surface area contributed by atoms with E-state index in [4.69, 9.17) is 13.6 Å². The zero-order valence-corrected chi connectivity index (χ0v) is 18.8. The Morgan fingerprint density at radius 2 is 0.840 bits per heavy atom. The minimum atomic E-state index is -1.17. The molecule has 0 saturated heterocycles. The molecule has 0 aromatic carbocycles. The summed E-state index contributed by atoms with van der Waals surface area (Å²) in [5, 5.41) is 0. The first kappa shape index (κ1) is 25.3. The molecule has 3 unspecified atom stereocenters. The van der Waals surface area contributed by atoms with Crippen LogP contribution in [-0.2, 0) is 13.6 Å². The fourth-order valence-corrected chi connectivity index (χ4v) is 3.49. The van der Waals surface area contributed by atoms with E-state index in [1.54, 1.807) is 0 Å². The number of rotatable bonds is 18. The van der Waals surface area contributed by atoms with E-state index in [1.807, 2.05) is 0 Å². The summed E-state index contributed by atoms with van der Waals surface area (Å²) in [6.07, 6.45) is 10.7. The smallest absolute Gasteiger partial charge is 0.312 e. The molecule has 0 aliphatic rings. The number of hydrogen-bond acceptors (Lipinski definition) is 3. The van der Waals surface area contributed by atoms with Crippen molar-refractivity contribution in [3.05, 3.63) is 0 Å². The summed E-state index contributed by atoms with van der Waals surface area (Å²) in [6.45, 7) is 15.9. The molecule has 0 aromatic heterocycles. The van der Waals surface area contributed by atoms with Gasteiger partial charge in [0.05, 0.1) is 19.8 Å². The van der Waals surface area contributed by atoms with Crippen LogP contribution in [0, 0.1) is 17.8 Å². The first-order valence-electron chi connectivity index (χ1n) is 10.7. The van der Waals surface area contributed by atoms with Crippen molar-refractivity contribution in [1.82, 2.24) is 0 Å². The normalized spacial score (nSPS) is 16.6. The molecule has 0 aromatic rings. The summed E-state index contributed by atoms with van der Waals surface area (Å²) in [7, 11) is -1.17. The van der Waals surface area contributed by atoms with Gasteiger partial charge in [0, 0.05) is 0 Å². The van der Waals surface area contributed by atoms with Gasteiger partial charge in [-0.3, -0.25) is 0 Å². The van der Waals surface area contributed by atoms with Crippen LogP contribution in [0.15, 0.2) is 0 Å². The standard InChI is InChI=1S/C21H45O3P/c1-7-19(4)13-10-16-22-25(23-17-11-14-20(5)8-2)24-18-12-15-21(6)9-3/h19-21H,7-18H2,1-6H3. The van der Waals surface area contributed by atoms with Crippen molar-refractivity contribution in [3.8, 4) is 0 Å². The van der Waals surface area contributed by atoms with Gasteiger partial charge in [0.2, 0.25) is 0 Å². The fraction of sp³-hybridized carbons (Fsp3) is 1.00. The Bertz CT molecular complexity index is 233. The van der Waals surface area contributed by atoms with Gasteiger partial charge in [0.1, 0.15) is 0 Å². The summed E-state index contributed by atoms with van der Waals surface area (Å²) in [5.74, 6) is 2.34. The SMILES string of the molecule is CCC(C)CCCOP(OCCCC(C)CC)OCCCC(C)CC. The molecule has 0 fully saturated rings. The lowest BCUT2D eigenvalue weighted by molar-refractivity contribution is 0.150. The molecule has 3 atom stereocenters. The van der Waals surface area contributed by atoms with Crippen LogP contribution in [0.5, 0.6) is 0 Å². The molecular formula is C21H45O3P. The molecule has 0 aliphatic carbocycles. The van der Waals surface area contributed by atoms with Crippen LogP contribution >= 0.6 is 8.60 Å². The average Bonchev–Trinajstić information content (AvgIpc) is 2.63. The molecule has 0 rings (SSSR count). The predicted molar refractivity (Wildman–Crippen MR) is 111 cm³/mol. The van der Waals surface area contributed by atoms with E-state index in [-0.39, 0.29) is 0 Å². The van der Waals surface area contributed by atoms with Crippen LogP contribution in [0.3, 0.4) is 0 Å². The molecule has 0 saturated carbocycles. The summed E-state index contributed by atoms with van der Waals surface area (Å²) in [6, 6.07) is 0. The van der Waals surface area contributed by atoms with Crippen molar-refractivity contribution in [2.45, 2.75) is 99.3 Å². The van der Waals surface area contributed by atoms with Crippen LogP contribution in [0.2, 0.25) is 0 Å². The maximum absolute atomic E-state index is 5.92. The van der Waals surface area contributed by atoms with Gasteiger partial charge in [-0.25, -0.2) is 0 Å². The second-order valence-electron chi connectivity index (χ2n) is 7.69. The Balaban J connectivity index is 3.99. The van der Waals surface area contributed by atoms with Crippen LogP contribution in [0.1, 0.15) is 99.3 Å². The van der Waals surface area contributed by atoms with Gasteiger partial charge in [-0.1, -0.05) is 60.8 Å². The summed E-state index contributed by atoms with van der Waals surface area (Å²) < 4.78 is 17.8. The number of hydrogen-bond donors (Lipinski definition) is 0. The van der Waals surface area contributed by atoms with Crippen molar-refractivity contribution < 1.29 is 13.6 Å². The van der Waals surface area contributed by atoms with Crippen LogP contribution in [-0.4, -0.2) is 19.8 Å². The van der Waals surface area contributed by atoms with Gasteiger partial charge in [0.25, 0.3) is 0 Å². The van der Waals surface area contributed by atoms with Crippen LogP contribution in [0.25, 0.3) is 0 Å². The summed E-state index contributed by atoms with van der Waals surface area (Å²) in [5.41, 5.74) is 0. The Kier molecular flexibility index (Phi) is 17.9. The maximum atomic E-state index is 5.92. The second kappa shape index (κ2) is 17.7. The summed E-state index contributed by atoms with van der Waals surface area (Å²) in [4.78, 5) is 0. The van der Waals surface area contributed by atoms with Gasteiger partial charge in [0.15, 0.2) is 0 Å². The molecule has 0 N–H and O–H groups in total. The molecule has 4 heteroatoms. The Hall–Kier alpha value is 0.310. The van der Waals surface area contributed by atoms with Gasteiger partial charge in [-0.15, -0.1) is 0 Å². The van der Waals surface area contributed by atoms with Crippen LogP contribution in [0.4, 0.5) is 0 Å². The summed E-state index contributed by atoms with van der Waals surface area (Å²) >= 11 is 0. The Morgan fingerprint density at radius 1 is 0.560 bits per heavy atom. The van der Waals surface area contributed by atoms with E-state index in [0.717, 1.165) is 56.8 Å². The fourth-order valence-electron chi connectivity index (χ4n) is 2.44. The second-order valence-corrected chi connectivity index (χ2v) is 8.91. The lowest BCUT2D eigenvalue weighted by Gasteiger charge is -2.18. The predicted octanol–water partition coefficient (Wildman–Crippen LogP) is 7.74. The minimum absolute atomic E-state index is 0.757. The first-order valence-corrected chi connectivity index (χ1v) is 11.8. The molecule has 0 radical (unpaired) electrons. The molecule has 3 nitrogen and oxygen atoms in total. The van der Waals surface area contributed by atoms with Crippen molar-refractivity contribution in [2.75, 3.05) is 19.8 Å². The maximum Gasteiger partial charge on any atom is 0.332 e. The Labute approximate surface area is 159 Å². The third kappa shape index (κ3) is 16.2. The highest BCUT2D eigenvalue weighted by Crippen LogP contribution is 2.40. The van der Waals surface area contributed by atoms with E-state index < -0.39 is 8.60 Å². The van der Waals surface area contributed by atoms with E-state index >= 15 is 0 Å². The van der Waals surface area contributed by atoms with Crippen molar-refractivity contribution in [3.63, 3.8) is 0 Å². The van der Waals surface area contributed by atoms with Crippen molar-refractivity contribution in [1.29, 1.82) is 0 Å². The van der Waals surface area contributed by atoms with E-state index in [1.165, 1.54) is 38.5 Å². The van der Waals surface area contributed by atoms with Crippen LogP contribution < -0.4 is 0 Å². The quantitative estimate of drug-likeness (QED) is 0.181. The van der Waals surface area contributed by atoms with E-state index in [0.29, 0.717) is 0 Å². The average molecular weight is 377 g/mol. The zero-order chi connectivity index (χ0) is 18.9. The third-order valence-electron chi connectivity index (χ3n) is 5.20. The largest absolute Gasteiger partial charge is 0.332 e. The molecule has 0 spiro atoms. The zero-order valence-electron chi connectivity index (χ0n) is 17.9. The lowest BCUT2D eigenvalue weighted by atomic mass is 10.0. The van der Waals surface area contributed by atoms with E-state index in [2.05, 4.69) is 41.5 Å². The highest BCUT2D eigenvalue weighted by molar-refractivity contribution is 7.41. The first-order chi connectivity index (χ1) is 12.0. The molecule has 25 heavy (non-hydrogen) atoms. The van der Waals surface area contributed by atoms with Gasteiger partial charge < -0.3 is 13.6 Å². The van der Waals surface area contributed by atoms with Crippen molar-refractivity contribution >= 4 is 8.60 Å². The molecule has 0 aliphatic heterocycles. The monoisotopic (exact) mass is 376 g/mol. The highest BCUT2D eigenvalue weighted by atomic mass is 31.2. The minimum Gasteiger partial charge on any atom is -0.312 e. The van der Waals surface area contributed by atoms with Gasteiger partial charge >= 0.3 is 8.60 Å². The third-order valence-corrected chi connectivity index (χ3v) is 6.38. The molecule has 0 heterocycles. The van der Waals surface area contributed by atoms with Gasteiger partial charge in [-0.05, 0) is 56.3 Å². The van der Waals surface area contributed by atoms with Gasteiger partial charge in [-0.2, -0.15) is 0 Å². The highest BCUT2D eigenvalue weighted by Gasteiger charge is 2.13. The topological polar surface area (TPSA) is 27.7 Å².